The van der Waals surface area contributed by atoms with Crippen LogP contribution in [0.1, 0.15) is 34.7 Å². The first kappa shape index (κ1) is 11.2. The Hall–Kier alpha value is -1.34. The predicted octanol–water partition coefficient (Wildman–Crippen LogP) is 5.10. The summed E-state index contributed by atoms with van der Waals surface area (Å²) >= 11 is 1.77. The van der Waals surface area contributed by atoms with E-state index < -0.39 is 0 Å². The van der Waals surface area contributed by atoms with E-state index in [0.29, 0.717) is 0 Å². The SMILES string of the molecule is C=Cc1sc2c(c1C=C)C=CC(C)(C)C=C2. The van der Waals surface area contributed by atoms with E-state index in [0.717, 1.165) is 0 Å². The maximum Gasteiger partial charge on any atom is 0.0352 e. The number of thiophene rings is 1. The van der Waals surface area contributed by atoms with E-state index in [4.69, 9.17) is 0 Å². The van der Waals surface area contributed by atoms with Gasteiger partial charge >= 0.3 is 0 Å². The molecular formula is C15H16S. The summed E-state index contributed by atoms with van der Waals surface area (Å²) in [4.78, 5) is 2.50. The van der Waals surface area contributed by atoms with Crippen molar-refractivity contribution in [2.45, 2.75) is 13.8 Å². The number of allylic oxidation sites excluding steroid dienone is 2. The Morgan fingerprint density at radius 3 is 2.44 bits per heavy atom. The molecule has 2 rings (SSSR count). The Labute approximate surface area is 101 Å². The second-order valence-electron chi connectivity index (χ2n) is 4.55. The molecule has 1 aliphatic carbocycles. The molecule has 0 fully saturated rings. The summed E-state index contributed by atoms with van der Waals surface area (Å²) in [5, 5.41) is 0. The molecule has 82 valence electrons. The zero-order valence-electron chi connectivity index (χ0n) is 9.79. The van der Waals surface area contributed by atoms with Gasteiger partial charge in [-0.25, -0.2) is 0 Å². The fraction of sp³-hybridized carbons (Fsp3) is 0.200. The van der Waals surface area contributed by atoms with Crippen molar-refractivity contribution < 1.29 is 0 Å². The molecule has 1 aliphatic rings. The molecule has 0 aliphatic heterocycles. The standard InChI is InChI=1S/C15H16S/c1-5-11-12-7-9-15(3,4)10-8-14(12)16-13(11)6-2/h5-10H,1-2H2,3-4H3. The van der Waals surface area contributed by atoms with Gasteiger partial charge in [0.25, 0.3) is 0 Å². The van der Waals surface area contributed by atoms with E-state index in [9.17, 15) is 0 Å². The maximum atomic E-state index is 3.89. The Morgan fingerprint density at radius 2 is 1.81 bits per heavy atom. The van der Waals surface area contributed by atoms with Gasteiger partial charge in [0.05, 0.1) is 0 Å². The van der Waals surface area contributed by atoms with E-state index in [1.54, 1.807) is 11.3 Å². The van der Waals surface area contributed by atoms with Crippen LogP contribution in [0.25, 0.3) is 24.3 Å². The second kappa shape index (κ2) is 3.91. The lowest BCUT2D eigenvalue weighted by atomic mass is 9.93. The van der Waals surface area contributed by atoms with Gasteiger partial charge in [-0.15, -0.1) is 11.3 Å². The molecule has 0 amide bonds. The first-order chi connectivity index (χ1) is 7.57. The smallest absolute Gasteiger partial charge is 0.0352 e. The minimum absolute atomic E-state index is 0.130. The van der Waals surface area contributed by atoms with Gasteiger partial charge in [-0.2, -0.15) is 0 Å². The van der Waals surface area contributed by atoms with Gasteiger partial charge in [0.2, 0.25) is 0 Å². The highest BCUT2D eigenvalue weighted by Crippen LogP contribution is 2.37. The highest BCUT2D eigenvalue weighted by atomic mass is 32.1. The van der Waals surface area contributed by atoms with Crippen LogP contribution in [0, 0.1) is 5.41 Å². The van der Waals surface area contributed by atoms with Crippen molar-refractivity contribution in [1.29, 1.82) is 0 Å². The van der Waals surface area contributed by atoms with Gasteiger partial charge < -0.3 is 0 Å². The van der Waals surface area contributed by atoms with Crippen molar-refractivity contribution in [3.8, 4) is 0 Å². The fourth-order valence-corrected chi connectivity index (χ4v) is 2.84. The highest BCUT2D eigenvalue weighted by molar-refractivity contribution is 7.14. The average molecular weight is 228 g/mol. The third-order valence-corrected chi connectivity index (χ3v) is 3.96. The number of hydrogen-bond acceptors (Lipinski definition) is 1. The molecular weight excluding hydrogens is 212 g/mol. The first-order valence-electron chi connectivity index (χ1n) is 5.37. The molecule has 0 nitrogen and oxygen atoms in total. The number of fused-ring (bicyclic) bond motifs is 1. The molecule has 0 N–H and O–H groups in total. The number of rotatable bonds is 2. The molecule has 1 aromatic heterocycles. The van der Waals surface area contributed by atoms with Gasteiger partial charge in [-0.05, 0) is 17.2 Å². The molecule has 1 heterocycles. The molecule has 0 saturated carbocycles. The van der Waals surface area contributed by atoms with Crippen LogP contribution >= 0.6 is 11.3 Å². The monoisotopic (exact) mass is 228 g/mol. The van der Waals surface area contributed by atoms with Gasteiger partial charge in [0.15, 0.2) is 0 Å². The van der Waals surface area contributed by atoms with Crippen LogP contribution in [0.4, 0.5) is 0 Å². The zero-order chi connectivity index (χ0) is 11.8. The molecule has 0 unspecified atom stereocenters. The maximum absolute atomic E-state index is 3.89. The fourth-order valence-electron chi connectivity index (χ4n) is 1.80. The van der Waals surface area contributed by atoms with Crippen LogP contribution in [0.3, 0.4) is 0 Å². The van der Waals surface area contributed by atoms with E-state index >= 15 is 0 Å². The predicted molar refractivity (Wildman–Crippen MR) is 76.4 cm³/mol. The van der Waals surface area contributed by atoms with E-state index in [1.165, 1.54) is 20.9 Å². The highest BCUT2D eigenvalue weighted by Gasteiger charge is 2.17. The van der Waals surface area contributed by atoms with Crippen LogP contribution < -0.4 is 0 Å². The van der Waals surface area contributed by atoms with Gasteiger partial charge in [0.1, 0.15) is 0 Å². The lowest BCUT2D eigenvalue weighted by Crippen LogP contribution is -2.00. The summed E-state index contributed by atoms with van der Waals surface area (Å²) in [6.07, 6.45) is 12.7. The summed E-state index contributed by atoms with van der Waals surface area (Å²) in [6.45, 7) is 12.2. The van der Waals surface area contributed by atoms with Gasteiger partial charge in [-0.3, -0.25) is 0 Å². The zero-order valence-corrected chi connectivity index (χ0v) is 10.6. The minimum atomic E-state index is 0.130. The van der Waals surface area contributed by atoms with Crippen molar-refractivity contribution in [2.24, 2.45) is 5.41 Å². The lowest BCUT2D eigenvalue weighted by Gasteiger charge is -2.12. The molecule has 1 aromatic rings. The third kappa shape index (κ3) is 1.83. The molecule has 0 saturated heterocycles. The summed E-state index contributed by atoms with van der Waals surface area (Å²) in [5.41, 5.74) is 2.61. The van der Waals surface area contributed by atoms with Crippen LogP contribution in [-0.4, -0.2) is 0 Å². The van der Waals surface area contributed by atoms with Crippen molar-refractivity contribution in [3.05, 3.63) is 46.2 Å². The van der Waals surface area contributed by atoms with Crippen LogP contribution in [0.5, 0.6) is 0 Å². The topological polar surface area (TPSA) is 0 Å². The minimum Gasteiger partial charge on any atom is -0.135 e. The first-order valence-corrected chi connectivity index (χ1v) is 6.19. The normalized spacial score (nSPS) is 16.6. The summed E-state index contributed by atoms with van der Waals surface area (Å²) < 4.78 is 0. The molecule has 0 atom stereocenters. The molecule has 16 heavy (non-hydrogen) atoms. The van der Waals surface area contributed by atoms with E-state index in [2.05, 4.69) is 51.3 Å². The van der Waals surface area contributed by atoms with Gasteiger partial charge in [0, 0.05) is 15.2 Å². The lowest BCUT2D eigenvalue weighted by molar-refractivity contribution is 0.633. The number of hydrogen-bond donors (Lipinski definition) is 0. The van der Waals surface area contributed by atoms with E-state index in [1.807, 2.05) is 12.2 Å². The molecule has 0 radical (unpaired) electrons. The summed E-state index contributed by atoms with van der Waals surface area (Å²) in [6, 6.07) is 0. The van der Waals surface area contributed by atoms with E-state index in [-0.39, 0.29) is 5.41 Å². The molecule has 0 spiro atoms. The average Bonchev–Trinajstić information content (AvgIpc) is 2.53. The van der Waals surface area contributed by atoms with Gasteiger partial charge in [-0.1, -0.05) is 57.4 Å². The molecule has 0 bridgehead atoms. The quantitative estimate of drug-likeness (QED) is 0.660. The summed E-state index contributed by atoms with van der Waals surface area (Å²) in [7, 11) is 0. The van der Waals surface area contributed by atoms with Crippen molar-refractivity contribution >= 4 is 35.6 Å². The van der Waals surface area contributed by atoms with Crippen LogP contribution in [-0.2, 0) is 0 Å². The van der Waals surface area contributed by atoms with Crippen molar-refractivity contribution in [3.63, 3.8) is 0 Å². The van der Waals surface area contributed by atoms with Crippen LogP contribution in [0.15, 0.2) is 25.3 Å². The third-order valence-electron chi connectivity index (χ3n) is 2.77. The van der Waals surface area contributed by atoms with Crippen molar-refractivity contribution in [1.82, 2.24) is 0 Å². The molecule has 0 aromatic carbocycles. The summed E-state index contributed by atoms with van der Waals surface area (Å²) in [5.74, 6) is 0. The molecule has 1 heteroatoms. The Kier molecular flexibility index (Phi) is 2.73. The Bertz CT molecular complexity index is 496. The van der Waals surface area contributed by atoms with Crippen LogP contribution in [0.2, 0.25) is 0 Å². The Balaban J connectivity index is 2.63. The largest absolute Gasteiger partial charge is 0.135 e. The second-order valence-corrected chi connectivity index (χ2v) is 5.64. The Morgan fingerprint density at radius 1 is 1.12 bits per heavy atom. The van der Waals surface area contributed by atoms with Crippen molar-refractivity contribution in [2.75, 3.05) is 0 Å².